The first kappa shape index (κ1) is 9.78. The number of thioether (sulfide) groups is 1. The van der Waals surface area contributed by atoms with E-state index in [9.17, 15) is 4.79 Å². The van der Waals surface area contributed by atoms with E-state index < -0.39 is 0 Å². The predicted molar refractivity (Wildman–Crippen MR) is 45.1 cm³/mol. The van der Waals surface area contributed by atoms with Gasteiger partial charge in [-0.3, -0.25) is 4.79 Å². The van der Waals surface area contributed by atoms with Crippen LogP contribution in [0.5, 0.6) is 0 Å². The van der Waals surface area contributed by atoms with Crippen LogP contribution in [0.1, 0.15) is 6.92 Å². The van der Waals surface area contributed by atoms with Crippen molar-refractivity contribution in [1.29, 1.82) is 0 Å². The van der Waals surface area contributed by atoms with Gasteiger partial charge in [0.15, 0.2) is 0 Å². The van der Waals surface area contributed by atoms with Gasteiger partial charge in [0.2, 0.25) is 5.91 Å². The zero-order valence-electron chi connectivity index (χ0n) is 6.22. The molecule has 60 valence electrons. The summed E-state index contributed by atoms with van der Waals surface area (Å²) in [6.45, 7) is 2.98. The van der Waals surface area contributed by atoms with Crippen LogP contribution in [0.2, 0.25) is 0 Å². The molecule has 0 aliphatic heterocycles. The first-order valence-corrected chi connectivity index (χ1v) is 4.45. The van der Waals surface area contributed by atoms with E-state index in [2.05, 4.69) is 5.32 Å². The summed E-state index contributed by atoms with van der Waals surface area (Å²) in [5.41, 5.74) is 5.26. The summed E-state index contributed by atoms with van der Waals surface area (Å²) in [6.07, 6.45) is 0. The molecule has 0 bridgehead atoms. The topological polar surface area (TPSA) is 55.1 Å². The summed E-state index contributed by atoms with van der Waals surface area (Å²) < 4.78 is 0. The van der Waals surface area contributed by atoms with Gasteiger partial charge in [0, 0.05) is 31.5 Å². The molecule has 0 saturated carbocycles. The van der Waals surface area contributed by atoms with Crippen molar-refractivity contribution in [1.82, 2.24) is 5.32 Å². The minimum absolute atomic E-state index is 0.0355. The van der Waals surface area contributed by atoms with E-state index in [1.807, 2.05) is 0 Å². The highest BCUT2D eigenvalue weighted by Gasteiger charge is 1.89. The van der Waals surface area contributed by atoms with Gasteiger partial charge in [0.25, 0.3) is 0 Å². The first-order chi connectivity index (χ1) is 4.77. The molecule has 0 rings (SSSR count). The van der Waals surface area contributed by atoms with Crippen LogP contribution in [-0.4, -0.2) is 30.5 Å². The number of carbonyl (C=O) groups excluding carboxylic acids is 1. The van der Waals surface area contributed by atoms with Crippen LogP contribution in [0.4, 0.5) is 0 Å². The Morgan fingerprint density at radius 2 is 2.30 bits per heavy atom. The van der Waals surface area contributed by atoms with Gasteiger partial charge in [-0.2, -0.15) is 11.8 Å². The molecule has 0 atom stereocenters. The van der Waals surface area contributed by atoms with Gasteiger partial charge in [-0.25, -0.2) is 0 Å². The fraction of sp³-hybridized carbons (Fsp3) is 0.833. The molecule has 0 aromatic rings. The lowest BCUT2D eigenvalue weighted by Crippen LogP contribution is -2.22. The van der Waals surface area contributed by atoms with E-state index in [4.69, 9.17) is 5.73 Å². The molecule has 0 saturated heterocycles. The van der Waals surface area contributed by atoms with Crippen molar-refractivity contribution in [3.05, 3.63) is 0 Å². The number of nitrogens with two attached hydrogens (primary N) is 1. The largest absolute Gasteiger partial charge is 0.356 e. The Morgan fingerprint density at radius 3 is 2.80 bits per heavy atom. The molecule has 3 N–H and O–H groups in total. The highest BCUT2D eigenvalue weighted by atomic mass is 32.2. The third-order valence-corrected chi connectivity index (χ3v) is 1.90. The monoisotopic (exact) mass is 162 g/mol. The van der Waals surface area contributed by atoms with E-state index in [-0.39, 0.29) is 5.91 Å². The summed E-state index contributed by atoms with van der Waals surface area (Å²) in [6, 6.07) is 0. The van der Waals surface area contributed by atoms with Crippen molar-refractivity contribution < 1.29 is 4.79 Å². The molecule has 0 aliphatic rings. The van der Waals surface area contributed by atoms with Crippen molar-refractivity contribution in [2.75, 3.05) is 24.6 Å². The first-order valence-electron chi connectivity index (χ1n) is 3.29. The third kappa shape index (κ3) is 7.78. The lowest BCUT2D eigenvalue weighted by molar-refractivity contribution is -0.118. The van der Waals surface area contributed by atoms with Crippen molar-refractivity contribution in [2.45, 2.75) is 6.92 Å². The molecular weight excluding hydrogens is 148 g/mol. The molecule has 0 aromatic carbocycles. The standard InChI is InChI=1S/C6H14N2OS/c1-6(9)8-3-5-10-4-2-7/h2-5,7H2,1H3,(H,8,9). The second kappa shape index (κ2) is 6.89. The SMILES string of the molecule is CC(=O)NCCSCCN. The zero-order chi connectivity index (χ0) is 7.82. The number of nitrogens with one attached hydrogen (secondary N) is 1. The van der Waals surface area contributed by atoms with E-state index in [1.165, 1.54) is 6.92 Å². The lowest BCUT2D eigenvalue weighted by atomic mass is 10.6. The van der Waals surface area contributed by atoms with Gasteiger partial charge in [0.1, 0.15) is 0 Å². The molecule has 0 aromatic heterocycles. The van der Waals surface area contributed by atoms with E-state index in [1.54, 1.807) is 11.8 Å². The molecule has 0 fully saturated rings. The Labute approximate surface area is 65.7 Å². The zero-order valence-corrected chi connectivity index (χ0v) is 7.04. The highest BCUT2D eigenvalue weighted by molar-refractivity contribution is 7.99. The van der Waals surface area contributed by atoms with Crippen LogP contribution in [0, 0.1) is 0 Å². The molecule has 3 nitrogen and oxygen atoms in total. The van der Waals surface area contributed by atoms with Crippen LogP contribution in [0.25, 0.3) is 0 Å². The lowest BCUT2D eigenvalue weighted by Gasteiger charge is -1.99. The number of carbonyl (C=O) groups is 1. The summed E-state index contributed by atoms with van der Waals surface area (Å²) >= 11 is 1.76. The summed E-state index contributed by atoms with van der Waals surface area (Å²) in [7, 11) is 0. The Morgan fingerprint density at radius 1 is 1.60 bits per heavy atom. The molecule has 0 unspecified atom stereocenters. The Balaban J connectivity index is 2.84. The van der Waals surface area contributed by atoms with Gasteiger partial charge >= 0.3 is 0 Å². The number of rotatable bonds is 5. The predicted octanol–water partition coefficient (Wildman–Crippen LogP) is -0.186. The van der Waals surface area contributed by atoms with Crippen molar-refractivity contribution in [2.24, 2.45) is 5.73 Å². The Hall–Kier alpha value is -0.220. The molecule has 4 heteroatoms. The minimum Gasteiger partial charge on any atom is -0.356 e. The summed E-state index contributed by atoms with van der Waals surface area (Å²) in [5, 5.41) is 2.70. The molecule has 0 spiro atoms. The van der Waals surface area contributed by atoms with Gasteiger partial charge in [-0.15, -0.1) is 0 Å². The number of hydrogen-bond acceptors (Lipinski definition) is 3. The summed E-state index contributed by atoms with van der Waals surface area (Å²) in [5.74, 6) is 1.96. The van der Waals surface area contributed by atoms with Gasteiger partial charge in [0.05, 0.1) is 0 Å². The van der Waals surface area contributed by atoms with Crippen molar-refractivity contribution in [3.63, 3.8) is 0 Å². The van der Waals surface area contributed by atoms with Crippen molar-refractivity contribution >= 4 is 17.7 Å². The maximum Gasteiger partial charge on any atom is 0.216 e. The van der Waals surface area contributed by atoms with Crippen LogP contribution >= 0.6 is 11.8 Å². The van der Waals surface area contributed by atoms with Gasteiger partial charge < -0.3 is 11.1 Å². The molecule has 0 radical (unpaired) electrons. The average molecular weight is 162 g/mol. The smallest absolute Gasteiger partial charge is 0.216 e. The fourth-order valence-corrected chi connectivity index (χ4v) is 1.10. The maximum atomic E-state index is 10.3. The maximum absolute atomic E-state index is 10.3. The van der Waals surface area contributed by atoms with Gasteiger partial charge in [-0.05, 0) is 0 Å². The molecule has 0 heterocycles. The molecule has 1 amide bonds. The van der Waals surface area contributed by atoms with Crippen LogP contribution in [0.3, 0.4) is 0 Å². The second-order valence-corrected chi connectivity index (χ2v) is 3.11. The van der Waals surface area contributed by atoms with Crippen LogP contribution < -0.4 is 11.1 Å². The van der Waals surface area contributed by atoms with Crippen LogP contribution in [0.15, 0.2) is 0 Å². The summed E-state index contributed by atoms with van der Waals surface area (Å²) in [4.78, 5) is 10.3. The normalized spacial score (nSPS) is 9.40. The average Bonchev–Trinajstić information content (AvgIpc) is 1.87. The van der Waals surface area contributed by atoms with E-state index in [0.29, 0.717) is 6.54 Å². The molecule has 0 aliphatic carbocycles. The van der Waals surface area contributed by atoms with Crippen molar-refractivity contribution in [3.8, 4) is 0 Å². The highest BCUT2D eigenvalue weighted by Crippen LogP contribution is 1.94. The van der Waals surface area contributed by atoms with Gasteiger partial charge in [-0.1, -0.05) is 0 Å². The van der Waals surface area contributed by atoms with Crippen LogP contribution in [-0.2, 0) is 4.79 Å². The molecular formula is C6H14N2OS. The van der Waals surface area contributed by atoms with E-state index in [0.717, 1.165) is 18.1 Å². The quantitative estimate of drug-likeness (QED) is 0.551. The second-order valence-electron chi connectivity index (χ2n) is 1.88. The number of hydrogen-bond donors (Lipinski definition) is 2. The Bertz CT molecular complexity index is 97.7. The minimum atomic E-state index is 0.0355. The number of amides is 1. The molecule has 10 heavy (non-hydrogen) atoms. The Kier molecular flexibility index (Phi) is 6.74. The third-order valence-electron chi connectivity index (χ3n) is 0.883. The fourth-order valence-electron chi connectivity index (χ4n) is 0.485. The van der Waals surface area contributed by atoms with E-state index >= 15 is 0 Å².